The van der Waals surface area contributed by atoms with Crippen LogP contribution < -0.4 is 5.32 Å². The molecule has 5 heteroatoms. The Morgan fingerprint density at radius 2 is 2.26 bits per heavy atom. The van der Waals surface area contributed by atoms with E-state index in [-0.39, 0.29) is 0 Å². The second-order valence-corrected chi connectivity index (χ2v) is 5.18. The number of nitrogens with one attached hydrogen (secondary N) is 2. The first-order valence-corrected chi connectivity index (χ1v) is 6.88. The molecule has 0 atom stereocenters. The second-order valence-electron chi connectivity index (χ2n) is 5.18. The van der Waals surface area contributed by atoms with Gasteiger partial charge in [-0.1, -0.05) is 13.8 Å². The van der Waals surface area contributed by atoms with Crippen molar-refractivity contribution in [1.29, 1.82) is 0 Å². The molecule has 0 amide bonds. The molecule has 2 heterocycles. The summed E-state index contributed by atoms with van der Waals surface area (Å²) < 4.78 is 1.90. The topological polar surface area (TPSA) is 58.5 Å². The molecule has 0 aliphatic carbocycles. The van der Waals surface area contributed by atoms with E-state index in [1.807, 2.05) is 17.9 Å². The van der Waals surface area contributed by atoms with Gasteiger partial charge in [-0.15, -0.1) is 0 Å². The zero-order valence-electron chi connectivity index (χ0n) is 12.0. The van der Waals surface area contributed by atoms with E-state index in [1.165, 1.54) is 11.3 Å². The van der Waals surface area contributed by atoms with Crippen molar-refractivity contribution >= 4 is 0 Å². The quantitative estimate of drug-likeness (QED) is 0.749. The molecule has 0 bridgehead atoms. The van der Waals surface area contributed by atoms with Crippen LogP contribution >= 0.6 is 0 Å². The molecule has 104 valence electrons. The van der Waals surface area contributed by atoms with E-state index in [1.54, 1.807) is 6.20 Å². The number of aromatic amines is 1. The van der Waals surface area contributed by atoms with Crippen molar-refractivity contribution in [2.24, 2.45) is 7.05 Å². The van der Waals surface area contributed by atoms with E-state index >= 15 is 0 Å². The highest BCUT2D eigenvalue weighted by atomic mass is 15.3. The fraction of sp³-hybridized carbons (Fsp3) is 0.571. The molecule has 19 heavy (non-hydrogen) atoms. The van der Waals surface area contributed by atoms with Crippen LogP contribution in [0, 0.1) is 0 Å². The molecule has 0 aliphatic heterocycles. The van der Waals surface area contributed by atoms with E-state index in [4.69, 9.17) is 0 Å². The van der Waals surface area contributed by atoms with Gasteiger partial charge in [0, 0.05) is 44.2 Å². The molecule has 0 unspecified atom stereocenters. The lowest BCUT2D eigenvalue weighted by molar-refractivity contribution is 0.634. The molecule has 0 saturated carbocycles. The normalized spacial score (nSPS) is 11.4. The maximum atomic E-state index is 4.51. The van der Waals surface area contributed by atoms with E-state index < -0.39 is 0 Å². The Labute approximate surface area is 114 Å². The average Bonchev–Trinajstić information content (AvgIpc) is 2.98. The largest absolute Gasteiger partial charge is 0.349 e. The minimum atomic E-state index is 0.473. The van der Waals surface area contributed by atoms with Crippen molar-refractivity contribution < 1.29 is 0 Å². The lowest BCUT2D eigenvalue weighted by atomic mass is 10.1. The van der Waals surface area contributed by atoms with Gasteiger partial charge in [0.15, 0.2) is 0 Å². The van der Waals surface area contributed by atoms with Crippen LogP contribution in [0.3, 0.4) is 0 Å². The van der Waals surface area contributed by atoms with E-state index in [2.05, 4.69) is 40.4 Å². The number of nitrogens with zero attached hydrogens (tertiary/aromatic N) is 3. The first-order chi connectivity index (χ1) is 9.16. The first-order valence-electron chi connectivity index (χ1n) is 6.88. The Balaban J connectivity index is 1.73. The molecular weight excluding hydrogens is 238 g/mol. The van der Waals surface area contributed by atoms with Crippen LogP contribution in [0.4, 0.5) is 0 Å². The summed E-state index contributed by atoms with van der Waals surface area (Å²) >= 11 is 0. The Morgan fingerprint density at radius 3 is 2.95 bits per heavy atom. The summed E-state index contributed by atoms with van der Waals surface area (Å²) in [5.41, 5.74) is 2.50. The molecule has 0 radical (unpaired) electrons. The fourth-order valence-electron chi connectivity index (χ4n) is 2.22. The summed E-state index contributed by atoms with van der Waals surface area (Å²) in [6.45, 7) is 6.25. The van der Waals surface area contributed by atoms with Crippen LogP contribution in [0.15, 0.2) is 18.6 Å². The van der Waals surface area contributed by atoms with Crippen LogP contribution in [0.2, 0.25) is 0 Å². The zero-order valence-corrected chi connectivity index (χ0v) is 12.0. The minimum absolute atomic E-state index is 0.473. The fourth-order valence-corrected chi connectivity index (χ4v) is 2.22. The Bertz CT molecular complexity index is 484. The van der Waals surface area contributed by atoms with Gasteiger partial charge in [0.05, 0.1) is 5.69 Å². The van der Waals surface area contributed by atoms with Gasteiger partial charge >= 0.3 is 0 Å². The monoisotopic (exact) mass is 261 g/mol. The highest BCUT2D eigenvalue weighted by Crippen LogP contribution is 2.16. The highest BCUT2D eigenvalue weighted by Gasteiger charge is 2.10. The molecule has 0 fully saturated rings. The van der Waals surface area contributed by atoms with Gasteiger partial charge in [-0.3, -0.25) is 4.68 Å². The predicted molar refractivity (Wildman–Crippen MR) is 75.9 cm³/mol. The van der Waals surface area contributed by atoms with Crippen LogP contribution in [0.5, 0.6) is 0 Å². The van der Waals surface area contributed by atoms with Gasteiger partial charge < -0.3 is 10.3 Å². The molecule has 0 aromatic carbocycles. The number of aromatic nitrogens is 4. The molecule has 0 saturated heterocycles. The lowest BCUT2D eigenvalue weighted by Gasteiger charge is -2.06. The Kier molecular flexibility index (Phi) is 4.74. The zero-order chi connectivity index (χ0) is 13.7. The third kappa shape index (κ3) is 3.92. The summed E-state index contributed by atoms with van der Waals surface area (Å²) in [7, 11) is 1.98. The third-order valence-electron chi connectivity index (χ3n) is 3.12. The van der Waals surface area contributed by atoms with E-state index in [9.17, 15) is 0 Å². The van der Waals surface area contributed by atoms with Gasteiger partial charge in [0.25, 0.3) is 0 Å². The summed E-state index contributed by atoms with van der Waals surface area (Å²) in [4.78, 5) is 7.34. The van der Waals surface area contributed by atoms with Crippen molar-refractivity contribution in [2.45, 2.75) is 39.2 Å². The lowest BCUT2D eigenvalue weighted by Crippen LogP contribution is -2.16. The summed E-state index contributed by atoms with van der Waals surface area (Å²) in [5, 5.41) is 7.99. The molecule has 2 N–H and O–H groups in total. The molecule has 0 spiro atoms. The molecule has 2 aromatic rings. The number of imidazole rings is 1. The van der Waals surface area contributed by atoms with Gasteiger partial charge in [-0.25, -0.2) is 4.98 Å². The summed E-state index contributed by atoms with van der Waals surface area (Å²) in [5.74, 6) is 1.53. The Hall–Kier alpha value is -1.62. The molecular formula is C14H23N5. The molecule has 5 nitrogen and oxygen atoms in total. The van der Waals surface area contributed by atoms with Crippen molar-refractivity contribution in [3.63, 3.8) is 0 Å². The van der Waals surface area contributed by atoms with Crippen LogP contribution in [-0.4, -0.2) is 26.3 Å². The van der Waals surface area contributed by atoms with E-state index in [0.717, 1.165) is 31.8 Å². The predicted octanol–water partition coefficient (Wildman–Crippen LogP) is 1.99. The molecule has 0 aliphatic rings. The summed E-state index contributed by atoms with van der Waals surface area (Å²) in [6.07, 6.45) is 7.85. The minimum Gasteiger partial charge on any atom is -0.349 e. The van der Waals surface area contributed by atoms with E-state index in [0.29, 0.717) is 5.92 Å². The van der Waals surface area contributed by atoms with Crippen molar-refractivity contribution in [2.75, 3.05) is 6.54 Å². The average molecular weight is 261 g/mol. The van der Waals surface area contributed by atoms with Crippen LogP contribution in [0.1, 0.15) is 43.3 Å². The smallest absolute Gasteiger partial charge is 0.106 e. The standard InChI is InChI=1S/C14H23N5/c1-11(2)14-12(10-19(3)18-14)9-15-6-4-5-13-16-7-8-17-13/h7-8,10-11,15H,4-6,9H2,1-3H3,(H,16,17). The van der Waals surface area contributed by atoms with Gasteiger partial charge in [-0.05, 0) is 18.9 Å². The van der Waals surface area contributed by atoms with Gasteiger partial charge in [0.1, 0.15) is 5.82 Å². The highest BCUT2D eigenvalue weighted by molar-refractivity contribution is 5.19. The maximum Gasteiger partial charge on any atom is 0.106 e. The Morgan fingerprint density at radius 1 is 1.42 bits per heavy atom. The number of aryl methyl sites for hydroxylation is 2. The maximum absolute atomic E-state index is 4.51. The number of rotatable bonds is 7. The van der Waals surface area contributed by atoms with Crippen LogP contribution in [-0.2, 0) is 20.0 Å². The first kappa shape index (κ1) is 13.8. The van der Waals surface area contributed by atoms with Gasteiger partial charge in [0.2, 0.25) is 0 Å². The van der Waals surface area contributed by atoms with Crippen molar-refractivity contribution in [1.82, 2.24) is 25.1 Å². The molecule has 2 aromatic heterocycles. The second kappa shape index (κ2) is 6.52. The van der Waals surface area contributed by atoms with Crippen molar-refractivity contribution in [3.8, 4) is 0 Å². The SMILES string of the molecule is CC(C)c1nn(C)cc1CNCCCc1ncc[nH]1. The number of hydrogen-bond donors (Lipinski definition) is 2. The number of hydrogen-bond acceptors (Lipinski definition) is 3. The van der Waals surface area contributed by atoms with Crippen molar-refractivity contribution in [3.05, 3.63) is 35.7 Å². The third-order valence-corrected chi connectivity index (χ3v) is 3.12. The van der Waals surface area contributed by atoms with Crippen LogP contribution in [0.25, 0.3) is 0 Å². The number of H-pyrrole nitrogens is 1. The summed E-state index contributed by atoms with van der Waals surface area (Å²) in [6, 6.07) is 0. The van der Waals surface area contributed by atoms with Gasteiger partial charge in [-0.2, -0.15) is 5.10 Å². The molecule has 2 rings (SSSR count).